The molecule has 2 N–H and O–H groups in total. The van der Waals surface area contributed by atoms with Crippen molar-refractivity contribution >= 4 is 5.78 Å². The maximum atomic E-state index is 12.0. The molecule has 2 aliphatic heterocycles. The Morgan fingerprint density at radius 1 is 1.19 bits per heavy atom. The summed E-state index contributed by atoms with van der Waals surface area (Å²) >= 11 is 0. The first kappa shape index (κ1) is 12.0. The van der Waals surface area contributed by atoms with Gasteiger partial charge in [0.25, 0.3) is 0 Å². The number of carbonyl (C=O) groups is 1. The molecule has 2 heterocycles. The molecule has 92 valence electrons. The van der Waals surface area contributed by atoms with Crippen LogP contribution in [0.15, 0.2) is 0 Å². The minimum Gasteiger partial charge on any atom is -0.381 e. The SMILES string of the molecule is N[C@@H]1CC[C@@H](C(=O)CC2CCOCC2)OC1. The lowest BCUT2D eigenvalue weighted by Crippen LogP contribution is -2.39. The van der Waals surface area contributed by atoms with Gasteiger partial charge in [0.15, 0.2) is 5.78 Å². The highest BCUT2D eigenvalue weighted by Crippen LogP contribution is 2.22. The van der Waals surface area contributed by atoms with Gasteiger partial charge >= 0.3 is 0 Å². The average Bonchev–Trinajstić information content (AvgIpc) is 2.31. The maximum Gasteiger partial charge on any atom is 0.161 e. The van der Waals surface area contributed by atoms with Crippen LogP contribution in [-0.4, -0.2) is 37.7 Å². The Morgan fingerprint density at radius 3 is 2.56 bits per heavy atom. The largest absolute Gasteiger partial charge is 0.381 e. The van der Waals surface area contributed by atoms with E-state index >= 15 is 0 Å². The molecular formula is C12H21NO3. The van der Waals surface area contributed by atoms with Crippen molar-refractivity contribution in [3.05, 3.63) is 0 Å². The molecule has 4 heteroatoms. The summed E-state index contributed by atoms with van der Waals surface area (Å²) in [6.07, 6.45) is 4.19. The van der Waals surface area contributed by atoms with E-state index in [1.807, 2.05) is 0 Å². The van der Waals surface area contributed by atoms with E-state index in [9.17, 15) is 4.79 Å². The highest BCUT2D eigenvalue weighted by molar-refractivity contribution is 5.83. The third-order valence-electron chi connectivity index (χ3n) is 3.50. The summed E-state index contributed by atoms with van der Waals surface area (Å²) in [5.74, 6) is 0.763. The second kappa shape index (κ2) is 5.75. The van der Waals surface area contributed by atoms with Crippen molar-refractivity contribution in [1.82, 2.24) is 0 Å². The minimum absolute atomic E-state index is 0.118. The average molecular weight is 227 g/mol. The van der Waals surface area contributed by atoms with Crippen molar-refractivity contribution in [2.45, 2.75) is 44.2 Å². The lowest BCUT2D eigenvalue weighted by Gasteiger charge is -2.28. The zero-order chi connectivity index (χ0) is 11.4. The van der Waals surface area contributed by atoms with Crippen LogP contribution in [0.1, 0.15) is 32.1 Å². The molecule has 0 spiro atoms. The number of hydrogen-bond donors (Lipinski definition) is 1. The van der Waals surface area contributed by atoms with Crippen molar-refractivity contribution in [2.75, 3.05) is 19.8 Å². The summed E-state index contributed by atoms with van der Waals surface area (Å²) in [5, 5.41) is 0. The van der Waals surface area contributed by atoms with E-state index in [2.05, 4.69) is 0 Å². The van der Waals surface area contributed by atoms with Gasteiger partial charge in [-0.15, -0.1) is 0 Å². The van der Waals surface area contributed by atoms with Crippen LogP contribution in [0.4, 0.5) is 0 Å². The molecule has 2 saturated heterocycles. The zero-order valence-electron chi connectivity index (χ0n) is 9.69. The van der Waals surface area contributed by atoms with Crippen LogP contribution in [0, 0.1) is 5.92 Å². The number of hydrogen-bond acceptors (Lipinski definition) is 4. The summed E-state index contributed by atoms with van der Waals surface area (Å²) < 4.78 is 10.8. The predicted molar refractivity (Wildman–Crippen MR) is 60.1 cm³/mol. The molecule has 2 aliphatic rings. The van der Waals surface area contributed by atoms with Crippen molar-refractivity contribution in [3.8, 4) is 0 Å². The Labute approximate surface area is 96.5 Å². The van der Waals surface area contributed by atoms with E-state index in [0.717, 1.165) is 38.9 Å². The number of rotatable bonds is 3. The number of ketones is 1. The fourth-order valence-electron chi connectivity index (χ4n) is 2.39. The van der Waals surface area contributed by atoms with Gasteiger partial charge in [-0.05, 0) is 31.6 Å². The number of nitrogens with two attached hydrogens (primary N) is 1. The van der Waals surface area contributed by atoms with E-state index in [0.29, 0.717) is 18.9 Å². The van der Waals surface area contributed by atoms with Crippen LogP contribution in [0.2, 0.25) is 0 Å². The van der Waals surface area contributed by atoms with Gasteiger partial charge in [-0.2, -0.15) is 0 Å². The Hall–Kier alpha value is -0.450. The lowest BCUT2D eigenvalue weighted by atomic mass is 9.90. The quantitative estimate of drug-likeness (QED) is 0.777. The molecule has 0 aromatic rings. The molecule has 4 nitrogen and oxygen atoms in total. The fourth-order valence-corrected chi connectivity index (χ4v) is 2.39. The molecule has 2 fully saturated rings. The van der Waals surface area contributed by atoms with Gasteiger partial charge in [0.2, 0.25) is 0 Å². The highest BCUT2D eigenvalue weighted by Gasteiger charge is 2.27. The number of carbonyl (C=O) groups excluding carboxylic acids is 1. The summed E-state index contributed by atoms with van der Waals surface area (Å²) in [6.45, 7) is 2.13. The molecule has 0 saturated carbocycles. The summed E-state index contributed by atoms with van der Waals surface area (Å²) in [6, 6.07) is 0.118. The summed E-state index contributed by atoms with van der Waals surface area (Å²) in [5.41, 5.74) is 5.73. The fraction of sp³-hybridized carbons (Fsp3) is 0.917. The van der Waals surface area contributed by atoms with Gasteiger partial charge in [0.1, 0.15) is 6.10 Å². The molecular weight excluding hydrogens is 206 g/mol. The molecule has 0 amide bonds. The van der Waals surface area contributed by atoms with Crippen LogP contribution in [-0.2, 0) is 14.3 Å². The zero-order valence-corrected chi connectivity index (χ0v) is 9.69. The molecule has 2 rings (SSSR count). The summed E-state index contributed by atoms with van der Waals surface area (Å²) in [4.78, 5) is 12.0. The van der Waals surface area contributed by atoms with E-state index in [4.69, 9.17) is 15.2 Å². The lowest BCUT2D eigenvalue weighted by molar-refractivity contribution is -0.135. The van der Waals surface area contributed by atoms with Gasteiger partial charge < -0.3 is 15.2 Å². The van der Waals surface area contributed by atoms with Gasteiger partial charge in [-0.25, -0.2) is 0 Å². The van der Waals surface area contributed by atoms with Crippen LogP contribution in [0.25, 0.3) is 0 Å². The van der Waals surface area contributed by atoms with Crippen molar-refractivity contribution in [2.24, 2.45) is 11.7 Å². The van der Waals surface area contributed by atoms with Crippen molar-refractivity contribution in [3.63, 3.8) is 0 Å². The van der Waals surface area contributed by atoms with Gasteiger partial charge in [-0.3, -0.25) is 4.79 Å². The molecule has 0 aliphatic carbocycles. The first-order chi connectivity index (χ1) is 7.75. The smallest absolute Gasteiger partial charge is 0.161 e. The third-order valence-corrected chi connectivity index (χ3v) is 3.50. The first-order valence-electron chi connectivity index (χ1n) is 6.23. The van der Waals surface area contributed by atoms with Gasteiger partial charge in [-0.1, -0.05) is 0 Å². The third kappa shape index (κ3) is 3.27. The first-order valence-corrected chi connectivity index (χ1v) is 6.23. The Morgan fingerprint density at radius 2 is 1.94 bits per heavy atom. The van der Waals surface area contributed by atoms with Crippen LogP contribution in [0.3, 0.4) is 0 Å². The van der Waals surface area contributed by atoms with Crippen molar-refractivity contribution < 1.29 is 14.3 Å². The molecule has 0 radical (unpaired) electrons. The minimum atomic E-state index is -0.192. The van der Waals surface area contributed by atoms with Gasteiger partial charge in [0.05, 0.1) is 6.61 Å². The van der Waals surface area contributed by atoms with Crippen LogP contribution >= 0.6 is 0 Å². The van der Waals surface area contributed by atoms with Crippen molar-refractivity contribution in [1.29, 1.82) is 0 Å². The molecule has 16 heavy (non-hydrogen) atoms. The predicted octanol–water partition coefficient (Wildman–Crippen LogP) is 0.878. The van der Waals surface area contributed by atoms with E-state index in [-0.39, 0.29) is 17.9 Å². The second-order valence-electron chi connectivity index (χ2n) is 4.89. The topological polar surface area (TPSA) is 61.6 Å². The van der Waals surface area contributed by atoms with Crippen LogP contribution < -0.4 is 5.73 Å². The Balaban J connectivity index is 1.74. The standard InChI is InChI=1S/C12H21NO3/c13-10-1-2-12(16-8-10)11(14)7-9-3-5-15-6-4-9/h9-10,12H,1-8,13H2/t10-,12+/m1/s1. The van der Waals surface area contributed by atoms with E-state index < -0.39 is 0 Å². The molecule has 0 aromatic heterocycles. The molecule has 0 aromatic carbocycles. The molecule has 0 bridgehead atoms. The Bertz CT molecular complexity index is 230. The molecule has 2 atom stereocenters. The highest BCUT2D eigenvalue weighted by atomic mass is 16.5. The second-order valence-corrected chi connectivity index (χ2v) is 4.89. The maximum absolute atomic E-state index is 12.0. The van der Waals surface area contributed by atoms with E-state index in [1.165, 1.54) is 0 Å². The number of ether oxygens (including phenoxy) is 2. The summed E-state index contributed by atoms with van der Waals surface area (Å²) in [7, 11) is 0. The molecule has 0 unspecified atom stereocenters. The van der Waals surface area contributed by atoms with Crippen LogP contribution in [0.5, 0.6) is 0 Å². The Kier molecular flexibility index (Phi) is 4.32. The normalized spacial score (nSPS) is 32.6. The van der Waals surface area contributed by atoms with E-state index in [1.54, 1.807) is 0 Å². The number of Topliss-reactive ketones (excluding diaryl/α,β-unsaturated/α-hetero) is 1. The monoisotopic (exact) mass is 227 g/mol. The van der Waals surface area contributed by atoms with Gasteiger partial charge in [0, 0.05) is 25.7 Å².